The van der Waals surface area contributed by atoms with Crippen molar-refractivity contribution in [1.82, 2.24) is 5.32 Å². The average Bonchev–Trinajstić information content (AvgIpc) is 2.38. The summed E-state index contributed by atoms with van der Waals surface area (Å²) in [7, 11) is 0. The van der Waals surface area contributed by atoms with Crippen molar-refractivity contribution >= 4 is 17.7 Å². The van der Waals surface area contributed by atoms with E-state index in [1.165, 1.54) is 0 Å². The van der Waals surface area contributed by atoms with Gasteiger partial charge < -0.3 is 19.9 Å². The van der Waals surface area contributed by atoms with Crippen LogP contribution in [0.4, 0.5) is 4.79 Å². The number of halogens is 1. The summed E-state index contributed by atoms with van der Waals surface area (Å²) in [6, 6.07) is 0. The van der Waals surface area contributed by atoms with E-state index in [4.69, 9.17) is 26.2 Å². The van der Waals surface area contributed by atoms with E-state index in [9.17, 15) is 4.79 Å². The lowest BCUT2D eigenvalue weighted by Gasteiger charge is -2.32. The Kier molecular flexibility index (Phi) is 9.99. The zero-order valence-corrected chi connectivity index (χ0v) is 14.5. The smallest absolute Gasteiger partial charge is 0.404 e. The Hall–Kier alpha value is -0.520. The van der Waals surface area contributed by atoms with Gasteiger partial charge in [0.25, 0.3) is 0 Å². The summed E-state index contributed by atoms with van der Waals surface area (Å²) >= 11 is 5.66. The van der Waals surface area contributed by atoms with Crippen LogP contribution in [-0.4, -0.2) is 48.0 Å². The normalized spacial score (nSPS) is 12.4. The molecule has 0 radical (unpaired) electrons. The fraction of sp³-hybridized carbons (Fsp3) is 0.933. The minimum Gasteiger partial charge on any atom is -0.465 e. The van der Waals surface area contributed by atoms with Crippen LogP contribution in [0.5, 0.6) is 0 Å². The Morgan fingerprint density at radius 3 is 2.33 bits per heavy atom. The molecule has 0 aliphatic heterocycles. The third kappa shape index (κ3) is 12.9. The summed E-state index contributed by atoms with van der Waals surface area (Å²) in [4.78, 5) is 10.3. The summed E-state index contributed by atoms with van der Waals surface area (Å²) < 4.78 is 11.6. The molecule has 0 atom stereocenters. The van der Waals surface area contributed by atoms with Crippen molar-refractivity contribution in [2.24, 2.45) is 0 Å². The second kappa shape index (κ2) is 10.2. The van der Waals surface area contributed by atoms with E-state index in [0.717, 1.165) is 25.7 Å². The van der Waals surface area contributed by atoms with E-state index in [-0.39, 0.29) is 12.1 Å². The van der Waals surface area contributed by atoms with Crippen LogP contribution in [0.2, 0.25) is 0 Å². The fourth-order valence-corrected chi connectivity index (χ4v) is 1.98. The maximum absolute atomic E-state index is 10.3. The summed E-state index contributed by atoms with van der Waals surface area (Å²) in [5.41, 5.74) is -0.625. The maximum atomic E-state index is 10.3. The zero-order valence-electron chi connectivity index (χ0n) is 13.7. The van der Waals surface area contributed by atoms with Crippen LogP contribution < -0.4 is 5.32 Å². The molecule has 0 spiro atoms. The largest absolute Gasteiger partial charge is 0.465 e. The van der Waals surface area contributed by atoms with Crippen LogP contribution in [-0.2, 0) is 9.47 Å². The number of hydrogen-bond donors (Lipinski definition) is 2. The molecule has 6 heteroatoms. The molecule has 0 aromatic carbocycles. The lowest BCUT2D eigenvalue weighted by atomic mass is 10.00. The van der Waals surface area contributed by atoms with Crippen molar-refractivity contribution in [2.75, 3.05) is 25.6 Å². The third-order valence-corrected chi connectivity index (χ3v) is 3.36. The van der Waals surface area contributed by atoms with Gasteiger partial charge in [-0.3, -0.25) is 0 Å². The van der Waals surface area contributed by atoms with Gasteiger partial charge in [-0.05, 0) is 40.5 Å². The van der Waals surface area contributed by atoms with Crippen molar-refractivity contribution < 1.29 is 19.4 Å². The number of rotatable bonds is 12. The molecule has 0 rings (SSSR count). The number of nitrogens with one attached hydrogen (secondary N) is 1. The molecule has 0 aliphatic carbocycles. The molecule has 0 aliphatic rings. The zero-order chi connectivity index (χ0) is 16.4. The number of hydrogen-bond acceptors (Lipinski definition) is 3. The summed E-state index contributed by atoms with van der Waals surface area (Å²) in [5, 5.41) is 10.7. The number of carbonyl (C=O) groups is 1. The monoisotopic (exact) mass is 323 g/mol. The highest BCUT2D eigenvalue weighted by Crippen LogP contribution is 2.21. The molecular formula is C15H30ClNO4. The Labute approximate surface area is 133 Å². The van der Waals surface area contributed by atoms with Gasteiger partial charge in [0, 0.05) is 12.4 Å². The van der Waals surface area contributed by atoms with Crippen LogP contribution in [0.25, 0.3) is 0 Å². The first-order valence-corrected chi connectivity index (χ1v) is 8.03. The molecule has 0 saturated heterocycles. The van der Waals surface area contributed by atoms with Crippen LogP contribution in [0.3, 0.4) is 0 Å². The highest BCUT2D eigenvalue weighted by molar-refractivity contribution is 6.17. The molecule has 0 saturated carbocycles. The van der Waals surface area contributed by atoms with Crippen molar-refractivity contribution in [3.8, 4) is 0 Å². The molecular weight excluding hydrogens is 294 g/mol. The van der Waals surface area contributed by atoms with Gasteiger partial charge >= 0.3 is 6.09 Å². The number of amides is 1. The second-order valence-electron chi connectivity index (χ2n) is 6.39. The molecule has 0 aromatic heterocycles. The maximum Gasteiger partial charge on any atom is 0.404 e. The highest BCUT2D eigenvalue weighted by Gasteiger charge is 2.25. The Bertz CT molecular complexity index is 295. The number of alkyl halides is 1. The van der Waals surface area contributed by atoms with Crippen LogP contribution in [0.1, 0.15) is 53.4 Å². The third-order valence-electron chi connectivity index (χ3n) is 3.09. The van der Waals surface area contributed by atoms with Gasteiger partial charge in [-0.2, -0.15) is 0 Å². The van der Waals surface area contributed by atoms with Crippen molar-refractivity contribution in [3.05, 3.63) is 0 Å². The quantitative estimate of drug-likeness (QED) is 0.425. The van der Waals surface area contributed by atoms with Gasteiger partial charge in [0.15, 0.2) is 0 Å². The minimum atomic E-state index is -1.04. The molecule has 0 fully saturated rings. The van der Waals surface area contributed by atoms with Gasteiger partial charge in [0.2, 0.25) is 0 Å². The van der Waals surface area contributed by atoms with Gasteiger partial charge in [-0.15, -0.1) is 11.6 Å². The summed E-state index contributed by atoms with van der Waals surface area (Å²) in [5.74, 6) is 0.715. The van der Waals surface area contributed by atoms with Crippen LogP contribution in [0, 0.1) is 0 Å². The van der Waals surface area contributed by atoms with Gasteiger partial charge in [0.1, 0.15) is 0 Å². The summed E-state index contributed by atoms with van der Waals surface area (Å²) in [6.45, 7) is 9.13. The molecule has 5 nitrogen and oxygen atoms in total. The first-order valence-electron chi connectivity index (χ1n) is 7.49. The first-order chi connectivity index (χ1) is 9.68. The number of carboxylic acid groups (broad SMARTS) is 1. The van der Waals surface area contributed by atoms with E-state index in [0.29, 0.717) is 19.1 Å². The fourth-order valence-electron chi connectivity index (χ4n) is 1.79. The van der Waals surface area contributed by atoms with Gasteiger partial charge in [0.05, 0.1) is 24.4 Å². The van der Waals surface area contributed by atoms with E-state index in [1.807, 2.05) is 13.8 Å². The topological polar surface area (TPSA) is 67.8 Å². The first kappa shape index (κ1) is 20.5. The number of unbranched alkanes of at least 4 members (excludes halogenated alkanes) is 2. The second-order valence-corrected chi connectivity index (χ2v) is 6.77. The van der Waals surface area contributed by atoms with E-state index in [1.54, 1.807) is 0 Å². The standard InChI is InChI=1S/C15H30ClNO4/c1-14(2,8-6-5-7-9-16)21-12-15(3,4)20-11-10-17-13(18)19/h17H,5-12H2,1-4H3,(H,18,19). The number of ether oxygens (including phenoxy) is 2. The SMILES string of the molecule is CC(C)(CCCCCCl)OCC(C)(C)OCCNC(=O)O. The predicted molar refractivity (Wildman–Crippen MR) is 85.3 cm³/mol. The lowest BCUT2D eigenvalue weighted by Crippen LogP contribution is -2.38. The molecule has 0 aromatic rings. The van der Waals surface area contributed by atoms with Crippen molar-refractivity contribution in [3.63, 3.8) is 0 Å². The molecule has 0 unspecified atom stereocenters. The highest BCUT2D eigenvalue weighted by atomic mass is 35.5. The van der Waals surface area contributed by atoms with E-state index < -0.39 is 11.7 Å². The van der Waals surface area contributed by atoms with Crippen LogP contribution >= 0.6 is 11.6 Å². The van der Waals surface area contributed by atoms with Crippen LogP contribution in [0.15, 0.2) is 0 Å². The Balaban J connectivity index is 3.89. The molecule has 2 N–H and O–H groups in total. The minimum absolute atomic E-state index is 0.188. The van der Waals surface area contributed by atoms with Crippen molar-refractivity contribution in [2.45, 2.75) is 64.6 Å². The molecule has 21 heavy (non-hydrogen) atoms. The predicted octanol–water partition coefficient (Wildman–Crippen LogP) is 3.64. The lowest BCUT2D eigenvalue weighted by molar-refractivity contribution is -0.121. The average molecular weight is 324 g/mol. The Morgan fingerprint density at radius 1 is 1.10 bits per heavy atom. The van der Waals surface area contributed by atoms with Gasteiger partial charge in [-0.1, -0.05) is 12.8 Å². The van der Waals surface area contributed by atoms with Crippen molar-refractivity contribution in [1.29, 1.82) is 0 Å². The Morgan fingerprint density at radius 2 is 1.76 bits per heavy atom. The molecule has 1 amide bonds. The summed E-state index contributed by atoms with van der Waals surface area (Å²) in [6.07, 6.45) is 3.22. The molecule has 126 valence electrons. The van der Waals surface area contributed by atoms with E-state index >= 15 is 0 Å². The van der Waals surface area contributed by atoms with Gasteiger partial charge in [-0.25, -0.2) is 4.79 Å². The van der Waals surface area contributed by atoms with E-state index in [2.05, 4.69) is 19.2 Å². The molecule has 0 heterocycles. The molecule has 0 bridgehead atoms.